The zero-order chi connectivity index (χ0) is 17.9. The summed E-state index contributed by atoms with van der Waals surface area (Å²) in [5.74, 6) is -0.0186. The number of nitrogens with one attached hydrogen (secondary N) is 2. The minimum absolute atomic E-state index is 0. The predicted octanol–water partition coefficient (Wildman–Crippen LogP) is 4.11. The van der Waals surface area contributed by atoms with Crippen molar-refractivity contribution in [2.45, 2.75) is 13.5 Å². The molecule has 6 nitrogen and oxygen atoms in total. The van der Waals surface area contributed by atoms with E-state index < -0.39 is 0 Å². The fourth-order valence-electron chi connectivity index (χ4n) is 3.09. The molecule has 134 valence electrons. The molecule has 0 aromatic carbocycles. The molecule has 0 fully saturated rings. The largest absolute Gasteiger partial charge is 0.357 e. The molecular weight excluding hydrogens is 326 g/mol. The van der Waals surface area contributed by atoms with Crippen LogP contribution >= 0.6 is 0 Å². The highest BCUT2D eigenvalue weighted by molar-refractivity contribution is 5.97. The summed E-state index contributed by atoms with van der Waals surface area (Å²) in [4.78, 5) is 29.3. The fraction of sp³-hybridized carbons (Fsp3) is 0.150. The Kier molecular flexibility index (Phi) is 4.23. The molecule has 0 spiro atoms. The van der Waals surface area contributed by atoms with Gasteiger partial charge in [-0.3, -0.25) is 9.78 Å². The van der Waals surface area contributed by atoms with Crippen LogP contribution in [0.1, 0.15) is 25.8 Å². The van der Waals surface area contributed by atoms with E-state index in [1.165, 1.54) is 0 Å². The monoisotopic (exact) mass is 349 g/mol. The summed E-state index contributed by atoms with van der Waals surface area (Å²) in [6.45, 7) is 3.17. The van der Waals surface area contributed by atoms with Gasteiger partial charge in [0.15, 0.2) is 0 Å². The Balaban J connectivity index is 0.00000140. The van der Waals surface area contributed by atoms with Crippen molar-refractivity contribution in [1.82, 2.24) is 24.8 Å². The average molecular weight is 349 g/mol. The predicted molar refractivity (Wildman–Crippen MR) is 105 cm³/mol. The highest BCUT2D eigenvalue weighted by Crippen LogP contribution is 2.27. The Labute approximate surface area is 153 Å². The minimum Gasteiger partial charge on any atom is -0.357 e. The van der Waals surface area contributed by atoms with Crippen molar-refractivity contribution in [1.29, 1.82) is 0 Å². The molecule has 6 heteroatoms. The van der Waals surface area contributed by atoms with Crippen LogP contribution in [-0.4, -0.2) is 37.3 Å². The van der Waals surface area contributed by atoms with E-state index in [2.05, 4.69) is 19.9 Å². The first kappa shape index (κ1) is 16.1. The van der Waals surface area contributed by atoms with E-state index in [1.807, 2.05) is 54.5 Å². The molecule has 1 amide bonds. The van der Waals surface area contributed by atoms with Crippen LogP contribution in [0, 0.1) is 0 Å². The second-order valence-electron chi connectivity index (χ2n) is 6.08. The van der Waals surface area contributed by atoms with Gasteiger partial charge in [-0.05, 0) is 48.4 Å². The number of carbonyl (C=O) groups is 1. The van der Waals surface area contributed by atoms with Crippen LogP contribution in [0.3, 0.4) is 0 Å². The van der Waals surface area contributed by atoms with E-state index in [0.29, 0.717) is 18.8 Å². The Morgan fingerprint density at radius 1 is 1.15 bits per heavy atom. The number of hydrogen-bond acceptors (Lipinski definition) is 3. The molecule has 0 saturated carbocycles. The van der Waals surface area contributed by atoms with Crippen molar-refractivity contribution in [2.75, 3.05) is 6.54 Å². The van der Waals surface area contributed by atoms with Crippen LogP contribution in [0.15, 0.2) is 61.3 Å². The number of nitrogens with zero attached hydrogens (tertiary/aromatic N) is 3. The fourth-order valence-corrected chi connectivity index (χ4v) is 3.09. The van der Waals surface area contributed by atoms with Gasteiger partial charge in [-0.1, -0.05) is 0 Å². The zero-order valence-corrected chi connectivity index (χ0v) is 14.4. The van der Waals surface area contributed by atoms with Crippen molar-refractivity contribution in [3.05, 3.63) is 72.6 Å². The summed E-state index contributed by atoms with van der Waals surface area (Å²) in [5, 5.41) is 1.04. The second-order valence-corrected chi connectivity index (χ2v) is 6.08. The number of H-pyrrole nitrogens is 2. The number of fused-ring (bicyclic) bond motifs is 1. The van der Waals surface area contributed by atoms with Gasteiger partial charge in [0, 0.05) is 57.9 Å². The van der Waals surface area contributed by atoms with Gasteiger partial charge in [-0.2, -0.15) is 0 Å². The van der Waals surface area contributed by atoms with Crippen LogP contribution in [0.25, 0.3) is 22.2 Å². The van der Waals surface area contributed by atoms with E-state index in [-0.39, 0.29) is 8.76 Å². The normalized spacial score (nSPS) is 11.0. The van der Waals surface area contributed by atoms with Gasteiger partial charge in [0.1, 0.15) is 11.3 Å². The molecule has 0 radical (unpaired) electrons. The number of carbonyl (C=O) groups excluding carboxylic acids is 1. The van der Waals surface area contributed by atoms with Crippen LogP contribution in [0.5, 0.6) is 0 Å². The van der Waals surface area contributed by atoms with Crippen molar-refractivity contribution in [2.24, 2.45) is 0 Å². The van der Waals surface area contributed by atoms with E-state index in [0.717, 1.165) is 27.7 Å². The molecule has 0 saturated heterocycles. The summed E-state index contributed by atoms with van der Waals surface area (Å²) < 4.78 is 0. The maximum atomic E-state index is 12.9. The van der Waals surface area contributed by atoms with Gasteiger partial charge < -0.3 is 14.9 Å². The van der Waals surface area contributed by atoms with E-state index in [4.69, 9.17) is 0 Å². The first-order valence-electron chi connectivity index (χ1n) is 8.55. The number of amides is 1. The molecule has 0 aliphatic rings. The lowest BCUT2D eigenvalue weighted by Gasteiger charge is -2.20. The van der Waals surface area contributed by atoms with Gasteiger partial charge in [-0.15, -0.1) is 0 Å². The molecule has 0 aliphatic heterocycles. The molecule has 0 aliphatic carbocycles. The van der Waals surface area contributed by atoms with Crippen molar-refractivity contribution in [3.8, 4) is 11.1 Å². The molecule has 4 rings (SSSR count). The Morgan fingerprint density at radius 3 is 2.81 bits per heavy atom. The highest BCUT2D eigenvalue weighted by atomic mass is 16.2. The van der Waals surface area contributed by atoms with Gasteiger partial charge in [0.2, 0.25) is 0 Å². The molecule has 4 aromatic rings. The standard InChI is InChI=1S/C20H19N5O.2H2/c1-2-25(13-14-3-7-21-8-4-14)20(26)18-11-15(12-24-18)16-5-9-22-19-17(16)6-10-23-19;;/h3-12,24H,2,13H2,1H3,(H,22,23);2*1H. The lowest BCUT2D eigenvalue weighted by molar-refractivity contribution is 0.0747. The first-order valence-corrected chi connectivity index (χ1v) is 8.55. The molecule has 4 aromatic heterocycles. The van der Waals surface area contributed by atoms with Crippen LogP contribution < -0.4 is 0 Å². The number of aromatic amines is 2. The van der Waals surface area contributed by atoms with Gasteiger partial charge in [0.25, 0.3) is 5.91 Å². The van der Waals surface area contributed by atoms with E-state index in [9.17, 15) is 4.79 Å². The molecule has 4 heterocycles. The third-order valence-electron chi connectivity index (χ3n) is 4.48. The summed E-state index contributed by atoms with van der Waals surface area (Å²) in [6, 6.07) is 9.71. The van der Waals surface area contributed by atoms with Crippen molar-refractivity contribution < 1.29 is 7.65 Å². The molecule has 2 N–H and O–H groups in total. The van der Waals surface area contributed by atoms with Gasteiger partial charge in [-0.25, -0.2) is 4.98 Å². The molecule has 0 atom stereocenters. The van der Waals surface area contributed by atoms with Crippen LogP contribution in [0.4, 0.5) is 0 Å². The minimum atomic E-state index is -0.0186. The molecule has 0 bridgehead atoms. The highest BCUT2D eigenvalue weighted by Gasteiger charge is 2.17. The number of rotatable bonds is 5. The molecular formula is C20H23N5O. The quantitative estimate of drug-likeness (QED) is 0.569. The second kappa shape index (κ2) is 6.84. The summed E-state index contributed by atoms with van der Waals surface area (Å²) >= 11 is 0. The van der Waals surface area contributed by atoms with E-state index >= 15 is 0 Å². The smallest absolute Gasteiger partial charge is 0.270 e. The third-order valence-corrected chi connectivity index (χ3v) is 4.48. The maximum absolute atomic E-state index is 12.9. The van der Waals surface area contributed by atoms with E-state index in [1.54, 1.807) is 18.6 Å². The third kappa shape index (κ3) is 2.97. The molecule has 0 unspecified atom stereocenters. The number of pyridine rings is 2. The van der Waals surface area contributed by atoms with Gasteiger partial charge in [0.05, 0.1) is 0 Å². The summed E-state index contributed by atoms with van der Waals surface area (Å²) in [7, 11) is 0. The van der Waals surface area contributed by atoms with Gasteiger partial charge >= 0.3 is 0 Å². The Bertz CT molecular complexity index is 1040. The van der Waals surface area contributed by atoms with Crippen molar-refractivity contribution >= 4 is 16.9 Å². The Morgan fingerprint density at radius 2 is 2.00 bits per heavy atom. The average Bonchev–Trinajstić information content (AvgIpc) is 3.35. The zero-order valence-electron chi connectivity index (χ0n) is 14.4. The molecule has 26 heavy (non-hydrogen) atoms. The lowest BCUT2D eigenvalue weighted by atomic mass is 10.1. The Hall–Kier alpha value is -3.41. The maximum Gasteiger partial charge on any atom is 0.270 e. The summed E-state index contributed by atoms with van der Waals surface area (Å²) in [6.07, 6.45) is 8.99. The first-order chi connectivity index (χ1) is 12.8. The van der Waals surface area contributed by atoms with Crippen LogP contribution in [-0.2, 0) is 6.54 Å². The van der Waals surface area contributed by atoms with Crippen LogP contribution in [0.2, 0.25) is 0 Å². The lowest BCUT2D eigenvalue weighted by Crippen LogP contribution is -2.30. The number of hydrogen-bond donors (Lipinski definition) is 2. The SMILES string of the molecule is CCN(Cc1ccncc1)C(=O)c1cc(-c2ccnc3[nH]ccc23)c[nH]1.[HH].[HH]. The topological polar surface area (TPSA) is 77.7 Å². The van der Waals surface area contributed by atoms with Crippen molar-refractivity contribution in [3.63, 3.8) is 0 Å². The number of aromatic nitrogens is 4. The summed E-state index contributed by atoms with van der Waals surface area (Å²) in [5.41, 5.74) is 4.50.